The third-order valence-corrected chi connectivity index (χ3v) is 5.93. The zero-order valence-electron chi connectivity index (χ0n) is 18.3. The second-order valence-corrected chi connectivity index (χ2v) is 9.15. The van der Waals surface area contributed by atoms with Crippen LogP contribution in [0.1, 0.15) is 11.3 Å². The van der Waals surface area contributed by atoms with Crippen LogP contribution in [0.4, 0.5) is 5.69 Å². The predicted molar refractivity (Wildman–Crippen MR) is 141 cm³/mol. The number of fused-ring (bicyclic) bond motifs is 1. The Morgan fingerprint density at radius 2 is 1.71 bits per heavy atom. The Morgan fingerprint density at radius 1 is 0.914 bits per heavy atom. The van der Waals surface area contributed by atoms with E-state index in [0.29, 0.717) is 54.8 Å². The average Bonchev–Trinajstić information content (AvgIpc) is 3.44. The van der Waals surface area contributed by atoms with Gasteiger partial charge in [-0.2, -0.15) is 0 Å². The molecule has 5 aromatic rings. The van der Waals surface area contributed by atoms with Crippen LogP contribution < -0.4 is 5.32 Å². The number of furan rings is 1. The van der Waals surface area contributed by atoms with Gasteiger partial charge in [0.25, 0.3) is 0 Å². The molecule has 0 atom stereocenters. The minimum Gasteiger partial charge on any atom is -0.457 e. The first kappa shape index (κ1) is 23.2. The maximum Gasteiger partial charge on any atom is 0.248 e. The summed E-state index contributed by atoms with van der Waals surface area (Å²) in [6, 6.07) is 19.6. The van der Waals surface area contributed by atoms with Crippen LogP contribution in [0.15, 0.2) is 81.6 Å². The molecule has 8 heteroatoms. The fourth-order valence-electron chi connectivity index (χ4n) is 3.55. The molecule has 2 heterocycles. The third-order valence-electron chi connectivity index (χ3n) is 5.18. The van der Waals surface area contributed by atoms with Crippen LogP contribution in [0, 0.1) is 6.92 Å². The van der Waals surface area contributed by atoms with Crippen molar-refractivity contribution in [3.05, 3.63) is 99.2 Å². The standard InChI is InChI=1S/C27H17Cl3N2O3/c1-15-2-6-21(22(30)10-15)27-32-23-14-19(3-7-25(23)35-27)31-26(33)9-5-20-4-8-24(34-20)16-11-17(28)13-18(29)12-16/h2-14H,1H3,(H,31,33)/b9-5+. The summed E-state index contributed by atoms with van der Waals surface area (Å²) in [5, 5.41) is 4.41. The van der Waals surface area contributed by atoms with E-state index in [9.17, 15) is 4.79 Å². The molecular formula is C27H17Cl3N2O3. The summed E-state index contributed by atoms with van der Waals surface area (Å²) in [5.74, 6) is 1.20. The van der Waals surface area contributed by atoms with Crippen molar-refractivity contribution in [3.8, 4) is 22.8 Å². The van der Waals surface area contributed by atoms with Gasteiger partial charge < -0.3 is 14.2 Å². The minimum absolute atomic E-state index is 0.321. The molecule has 1 N–H and O–H groups in total. The molecule has 0 saturated carbocycles. The van der Waals surface area contributed by atoms with Gasteiger partial charge in [-0.05, 0) is 79.2 Å². The van der Waals surface area contributed by atoms with Crippen molar-refractivity contribution in [1.82, 2.24) is 4.98 Å². The fraction of sp³-hybridized carbons (Fsp3) is 0.0370. The number of oxazole rings is 1. The van der Waals surface area contributed by atoms with Crippen LogP contribution >= 0.6 is 34.8 Å². The largest absolute Gasteiger partial charge is 0.457 e. The number of carbonyl (C=O) groups excluding carboxylic acids is 1. The molecule has 5 nitrogen and oxygen atoms in total. The molecule has 174 valence electrons. The van der Waals surface area contributed by atoms with E-state index in [4.69, 9.17) is 43.6 Å². The van der Waals surface area contributed by atoms with Gasteiger partial charge in [-0.1, -0.05) is 40.9 Å². The van der Waals surface area contributed by atoms with E-state index in [-0.39, 0.29) is 5.91 Å². The lowest BCUT2D eigenvalue weighted by atomic mass is 10.1. The van der Waals surface area contributed by atoms with Gasteiger partial charge in [0.05, 0.1) is 10.6 Å². The molecule has 0 aliphatic carbocycles. The number of rotatable bonds is 5. The first-order valence-corrected chi connectivity index (χ1v) is 11.7. The Morgan fingerprint density at radius 3 is 2.49 bits per heavy atom. The molecule has 5 rings (SSSR count). The Labute approximate surface area is 215 Å². The summed E-state index contributed by atoms with van der Waals surface area (Å²) >= 11 is 18.5. The zero-order chi connectivity index (χ0) is 24.5. The van der Waals surface area contributed by atoms with E-state index in [0.717, 1.165) is 11.1 Å². The van der Waals surface area contributed by atoms with Gasteiger partial charge in [-0.15, -0.1) is 0 Å². The van der Waals surface area contributed by atoms with Crippen LogP contribution in [0.25, 0.3) is 40.0 Å². The van der Waals surface area contributed by atoms with Crippen molar-refractivity contribution in [3.63, 3.8) is 0 Å². The summed E-state index contributed by atoms with van der Waals surface area (Å²) in [6.07, 6.45) is 2.97. The molecule has 0 spiro atoms. The van der Waals surface area contributed by atoms with Gasteiger partial charge in [0.15, 0.2) is 5.58 Å². The highest BCUT2D eigenvalue weighted by molar-refractivity contribution is 6.35. The number of nitrogens with zero attached hydrogens (tertiary/aromatic N) is 1. The molecule has 1 amide bonds. The van der Waals surface area contributed by atoms with E-state index in [1.807, 2.05) is 25.1 Å². The SMILES string of the molecule is Cc1ccc(-c2nc3cc(NC(=O)/C=C/c4ccc(-c5cc(Cl)cc(Cl)c5)o4)ccc3o2)c(Cl)c1. The second kappa shape index (κ2) is 9.62. The van der Waals surface area contributed by atoms with Gasteiger partial charge in [0, 0.05) is 27.4 Å². The highest BCUT2D eigenvalue weighted by Gasteiger charge is 2.13. The second-order valence-electron chi connectivity index (χ2n) is 7.87. The quantitative estimate of drug-likeness (QED) is 0.234. The summed E-state index contributed by atoms with van der Waals surface area (Å²) in [4.78, 5) is 17.0. The number of carbonyl (C=O) groups is 1. The lowest BCUT2D eigenvalue weighted by Gasteiger charge is -2.01. The van der Waals surface area contributed by atoms with Crippen molar-refractivity contribution >= 4 is 63.6 Å². The first-order chi connectivity index (χ1) is 16.8. The molecule has 0 saturated heterocycles. The number of nitrogens with one attached hydrogen (secondary N) is 1. The zero-order valence-corrected chi connectivity index (χ0v) is 20.6. The third kappa shape index (κ3) is 5.28. The molecule has 0 radical (unpaired) electrons. The van der Waals surface area contributed by atoms with Gasteiger partial charge in [0.2, 0.25) is 11.8 Å². The van der Waals surface area contributed by atoms with Gasteiger partial charge in [-0.3, -0.25) is 4.79 Å². The lowest BCUT2D eigenvalue weighted by Crippen LogP contribution is -2.07. The smallest absolute Gasteiger partial charge is 0.248 e. The molecule has 0 aliphatic rings. The molecule has 0 bridgehead atoms. The normalized spacial score (nSPS) is 11.4. The number of anilines is 1. The number of aryl methyl sites for hydroxylation is 1. The van der Waals surface area contributed by atoms with Crippen molar-refractivity contribution in [2.45, 2.75) is 6.92 Å². The monoisotopic (exact) mass is 522 g/mol. The molecule has 35 heavy (non-hydrogen) atoms. The number of benzene rings is 3. The van der Waals surface area contributed by atoms with E-state index in [1.54, 1.807) is 54.6 Å². The predicted octanol–water partition coefficient (Wildman–Crippen LogP) is 8.68. The van der Waals surface area contributed by atoms with E-state index >= 15 is 0 Å². The Balaban J connectivity index is 1.29. The van der Waals surface area contributed by atoms with Crippen LogP contribution in [0.3, 0.4) is 0 Å². The summed E-state index contributed by atoms with van der Waals surface area (Å²) in [7, 11) is 0. The van der Waals surface area contributed by atoms with Gasteiger partial charge in [0.1, 0.15) is 17.0 Å². The Bertz CT molecular complexity index is 1580. The molecule has 0 unspecified atom stereocenters. The van der Waals surface area contributed by atoms with Crippen LogP contribution in [-0.2, 0) is 4.79 Å². The van der Waals surface area contributed by atoms with Crippen molar-refractivity contribution in [2.24, 2.45) is 0 Å². The highest BCUT2D eigenvalue weighted by Crippen LogP contribution is 2.32. The summed E-state index contributed by atoms with van der Waals surface area (Å²) < 4.78 is 11.6. The number of hydrogen-bond donors (Lipinski definition) is 1. The minimum atomic E-state index is -0.321. The van der Waals surface area contributed by atoms with Crippen LogP contribution in [-0.4, -0.2) is 10.9 Å². The van der Waals surface area contributed by atoms with E-state index in [1.165, 1.54) is 6.08 Å². The maximum absolute atomic E-state index is 12.5. The molecule has 3 aromatic carbocycles. The maximum atomic E-state index is 12.5. The number of halogens is 3. The highest BCUT2D eigenvalue weighted by atomic mass is 35.5. The topological polar surface area (TPSA) is 68.3 Å². The fourth-order valence-corrected chi connectivity index (χ4v) is 4.39. The number of hydrogen-bond acceptors (Lipinski definition) is 4. The number of amides is 1. The number of aromatic nitrogens is 1. The summed E-state index contributed by atoms with van der Waals surface area (Å²) in [6.45, 7) is 1.96. The van der Waals surface area contributed by atoms with Crippen molar-refractivity contribution in [2.75, 3.05) is 5.32 Å². The van der Waals surface area contributed by atoms with Gasteiger partial charge >= 0.3 is 0 Å². The average molecular weight is 524 g/mol. The van der Waals surface area contributed by atoms with Crippen molar-refractivity contribution < 1.29 is 13.6 Å². The van der Waals surface area contributed by atoms with Gasteiger partial charge in [-0.25, -0.2) is 4.98 Å². The van der Waals surface area contributed by atoms with E-state index < -0.39 is 0 Å². The molecule has 2 aromatic heterocycles. The lowest BCUT2D eigenvalue weighted by molar-refractivity contribution is -0.111. The molecular weight excluding hydrogens is 507 g/mol. The van der Waals surface area contributed by atoms with Crippen LogP contribution in [0.5, 0.6) is 0 Å². The molecule has 0 aliphatic heterocycles. The summed E-state index contributed by atoms with van der Waals surface area (Å²) in [5.41, 5.74) is 4.28. The molecule has 0 fully saturated rings. The van der Waals surface area contributed by atoms with E-state index in [2.05, 4.69) is 10.3 Å². The Kier molecular flexibility index (Phi) is 6.39. The Hall–Kier alpha value is -3.51. The van der Waals surface area contributed by atoms with Crippen molar-refractivity contribution in [1.29, 1.82) is 0 Å². The van der Waals surface area contributed by atoms with Crippen LogP contribution in [0.2, 0.25) is 15.1 Å². The first-order valence-electron chi connectivity index (χ1n) is 10.6.